The van der Waals surface area contributed by atoms with Gasteiger partial charge in [0.1, 0.15) is 17.5 Å². The molecule has 0 aliphatic heterocycles. The topological polar surface area (TPSA) is 76.1 Å². The lowest BCUT2D eigenvalue weighted by atomic mass is 10.1. The average molecular weight is 376 g/mol. The summed E-state index contributed by atoms with van der Waals surface area (Å²) < 4.78 is 5.14. The predicted octanol–water partition coefficient (Wildman–Crippen LogP) is 5.07. The second-order valence-electron chi connectivity index (χ2n) is 6.47. The smallest absolute Gasteiger partial charge is 0.340 e. The third-order valence-electron chi connectivity index (χ3n) is 4.26. The number of para-hydroxylation sites is 2. The fourth-order valence-corrected chi connectivity index (χ4v) is 2.95. The van der Waals surface area contributed by atoms with Gasteiger partial charge in [-0.25, -0.2) is 14.8 Å². The van der Waals surface area contributed by atoms with E-state index in [0.29, 0.717) is 35.3 Å². The number of nitrogens with zero attached hydrogens (tertiary/aromatic N) is 2. The third-order valence-corrected chi connectivity index (χ3v) is 4.26. The second-order valence-corrected chi connectivity index (χ2v) is 6.47. The zero-order chi connectivity index (χ0) is 20.1. The number of hydrogen-bond acceptors (Lipinski definition) is 6. The molecule has 0 spiro atoms. The molecule has 0 aliphatic carbocycles. The van der Waals surface area contributed by atoms with Crippen molar-refractivity contribution in [2.45, 2.75) is 27.7 Å². The van der Waals surface area contributed by atoms with Gasteiger partial charge in [-0.1, -0.05) is 30.3 Å². The van der Waals surface area contributed by atoms with Crippen molar-refractivity contribution in [2.24, 2.45) is 0 Å². The number of ether oxygens (including phenoxy) is 1. The van der Waals surface area contributed by atoms with Crippen molar-refractivity contribution in [3.8, 4) is 0 Å². The van der Waals surface area contributed by atoms with Crippen LogP contribution in [0, 0.1) is 20.8 Å². The molecule has 0 radical (unpaired) electrons. The van der Waals surface area contributed by atoms with E-state index in [1.54, 1.807) is 19.1 Å². The van der Waals surface area contributed by atoms with E-state index in [4.69, 9.17) is 4.74 Å². The van der Waals surface area contributed by atoms with Crippen LogP contribution in [-0.2, 0) is 4.74 Å². The number of esters is 1. The molecule has 3 rings (SSSR count). The van der Waals surface area contributed by atoms with E-state index < -0.39 is 0 Å². The van der Waals surface area contributed by atoms with E-state index in [1.807, 2.05) is 31.2 Å². The Balaban J connectivity index is 1.90. The maximum absolute atomic E-state index is 12.2. The number of carbonyl (C=O) groups is 1. The van der Waals surface area contributed by atoms with E-state index in [9.17, 15) is 4.79 Å². The Labute approximate surface area is 165 Å². The normalized spacial score (nSPS) is 10.4. The van der Waals surface area contributed by atoms with Gasteiger partial charge in [0, 0.05) is 11.8 Å². The summed E-state index contributed by atoms with van der Waals surface area (Å²) >= 11 is 0. The van der Waals surface area contributed by atoms with E-state index in [1.165, 1.54) is 0 Å². The molecule has 0 saturated carbocycles. The summed E-state index contributed by atoms with van der Waals surface area (Å²) in [6, 6.07) is 15.2. The number of carbonyl (C=O) groups excluding carboxylic acids is 1. The molecule has 28 heavy (non-hydrogen) atoms. The highest BCUT2D eigenvalue weighted by molar-refractivity contribution is 5.96. The fourth-order valence-electron chi connectivity index (χ4n) is 2.95. The van der Waals surface area contributed by atoms with Crippen LogP contribution in [0.5, 0.6) is 0 Å². The van der Waals surface area contributed by atoms with Crippen LogP contribution in [0.4, 0.5) is 23.0 Å². The van der Waals surface area contributed by atoms with Crippen molar-refractivity contribution < 1.29 is 9.53 Å². The van der Waals surface area contributed by atoms with Gasteiger partial charge in [0.05, 0.1) is 17.9 Å². The first kappa shape index (κ1) is 19.4. The number of aryl methyl sites for hydroxylation is 3. The third kappa shape index (κ3) is 4.46. The van der Waals surface area contributed by atoms with E-state index in [2.05, 4.69) is 46.6 Å². The summed E-state index contributed by atoms with van der Waals surface area (Å²) in [7, 11) is 0. The summed E-state index contributed by atoms with van der Waals surface area (Å²) in [5.74, 6) is 1.52. The molecule has 2 N–H and O–H groups in total. The largest absolute Gasteiger partial charge is 0.462 e. The number of anilines is 4. The van der Waals surface area contributed by atoms with Crippen LogP contribution in [-0.4, -0.2) is 22.5 Å². The van der Waals surface area contributed by atoms with Gasteiger partial charge in [0.15, 0.2) is 0 Å². The molecule has 0 saturated heterocycles. The lowest BCUT2D eigenvalue weighted by molar-refractivity contribution is 0.0527. The van der Waals surface area contributed by atoms with Crippen molar-refractivity contribution >= 4 is 29.0 Å². The molecular formula is C22H24N4O2. The zero-order valence-corrected chi connectivity index (χ0v) is 16.5. The molecule has 1 aromatic heterocycles. The summed E-state index contributed by atoms with van der Waals surface area (Å²) in [6.45, 7) is 8.05. The monoisotopic (exact) mass is 376 g/mol. The average Bonchev–Trinajstić information content (AvgIpc) is 2.65. The lowest BCUT2D eigenvalue weighted by Crippen LogP contribution is -2.09. The molecule has 6 heteroatoms. The van der Waals surface area contributed by atoms with E-state index in [-0.39, 0.29) is 5.97 Å². The molecule has 144 valence electrons. The Bertz CT molecular complexity index is 981. The Morgan fingerprint density at radius 3 is 2.25 bits per heavy atom. The molecule has 0 bridgehead atoms. The molecule has 1 heterocycles. The molecule has 3 aromatic rings. The van der Waals surface area contributed by atoms with Gasteiger partial charge >= 0.3 is 5.97 Å². The number of hydrogen-bond donors (Lipinski definition) is 2. The minimum absolute atomic E-state index is 0.323. The SMILES string of the molecule is CCOC(=O)c1ccccc1Nc1cc(Nc2c(C)cccc2C)nc(C)n1. The van der Waals surface area contributed by atoms with Crippen LogP contribution in [0.15, 0.2) is 48.5 Å². The highest BCUT2D eigenvalue weighted by atomic mass is 16.5. The number of aromatic nitrogens is 2. The molecule has 0 amide bonds. The Morgan fingerprint density at radius 2 is 1.57 bits per heavy atom. The Hall–Kier alpha value is -3.41. The minimum Gasteiger partial charge on any atom is -0.462 e. The molecule has 0 atom stereocenters. The number of benzene rings is 2. The van der Waals surface area contributed by atoms with E-state index in [0.717, 1.165) is 16.8 Å². The molecule has 6 nitrogen and oxygen atoms in total. The van der Waals surface area contributed by atoms with Gasteiger partial charge in [-0.3, -0.25) is 0 Å². The molecule has 0 unspecified atom stereocenters. The van der Waals surface area contributed by atoms with Crippen molar-refractivity contribution in [1.82, 2.24) is 9.97 Å². The van der Waals surface area contributed by atoms with Crippen LogP contribution in [0.1, 0.15) is 34.2 Å². The lowest BCUT2D eigenvalue weighted by Gasteiger charge is -2.15. The summed E-state index contributed by atoms with van der Waals surface area (Å²) in [5, 5.41) is 6.60. The quantitative estimate of drug-likeness (QED) is 0.585. The highest BCUT2D eigenvalue weighted by Gasteiger charge is 2.13. The van der Waals surface area contributed by atoms with Gasteiger partial charge in [-0.05, 0) is 51.0 Å². The van der Waals surface area contributed by atoms with Gasteiger partial charge in [-0.2, -0.15) is 0 Å². The first-order valence-electron chi connectivity index (χ1n) is 9.20. The maximum Gasteiger partial charge on any atom is 0.340 e. The number of rotatable bonds is 6. The first-order valence-corrected chi connectivity index (χ1v) is 9.20. The van der Waals surface area contributed by atoms with Crippen molar-refractivity contribution in [3.63, 3.8) is 0 Å². The maximum atomic E-state index is 12.2. The molecule has 2 aromatic carbocycles. The van der Waals surface area contributed by atoms with Crippen LogP contribution in [0.2, 0.25) is 0 Å². The van der Waals surface area contributed by atoms with Gasteiger partial charge in [0.2, 0.25) is 0 Å². The minimum atomic E-state index is -0.370. The summed E-state index contributed by atoms with van der Waals surface area (Å²) in [6.07, 6.45) is 0. The van der Waals surface area contributed by atoms with Gasteiger partial charge < -0.3 is 15.4 Å². The standard InChI is InChI=1S/C22H24N4O2/c1-5-28-22(27)17-11-6-7-12-18(17)25-19-13-20(24-16(4)23-19)26-21-14(2)9-8-10-15(21)3/h6-13H,5H2,1-4H3,(H2,23,24,25,26). The highest BCUT2D eigenvalue weighted by Crippen LogP contribution is 2.26. The van der Waals surface area contributed by atoms with Crippen molar-refractivity contribution in [2.75, 3.05) is 17.2 Å². The Kier molecular flexibility index (Phi) is 5.89. The Morgan fingerprint density at radius 1 is 0.929 bits per heavy atom. The molecule has 0 aliphatic rings. The predicted molar refractivity (Wildman–Crippen MR) is 112 cm³/mol. The van der Waals surface area contributed by atoms with Crippen LogP contribution >= 0.6 is 0 Å². The number of nitrogens with one attached hydrogen (secondary N) is 2. The summed E-state index contributed by atoms with van der Waals surface area (Å²) in [4.78, 5) is 21.1. The van der Waals surface area contributed by atoms with Gasteiger partial charge in [0.25, 0.3) is 0 Å². The van der Waals surface area contributed by atoms with Crippen LogP contribution < -0.4 is 10.6 Å². The second kappa shape index (κ2) is 8.52. The van der Waals surface area contributed by atoms with Crippen molar-refractivity contribution in [3.05, 3.63) is 71.0 Å². The van der Waals surface area contributed by atoms with Crippen molar-refractivity contribution in [1.29, 1.82) is 0 Å². The summed E-state index contributed by atoms with van der Waals surface area (Å²) in [5.41, 5.74) is 4.40. The van der Waals surface area contributed by atoms with E-state index >= 15 is 0 Å². The van der Waals surface area contributed by atoms with Crippen LogP contribution in [0.3, 0.4) is 0 Å². The molecule has 0 fully saturated rings. The van der Waals surface area contributed by atoms with Gasteiger partial charge in [-0.15, -0.1) is 0 Å². The molecular weight excluding hydrogens is 352 g/mol. The first-order chi connectivity index (χ1) is 13.5. The zero-order valence-electron chi connectivity index (χ0n) is 16.5. The fraction of sp³-hybridized carbons (Fsp3) is 0.227. The van der Waals surface area contributed by atoms with Crippen LogP contribution in [0.25, 0.3) is 0 Å².